The van der Waals surface area contributed by atoms with Crippen molar-refractivity contribution in [2.24, 2.45) is 0 Å². The normalized spacial score (nSPS) is 19.5. The first-order valence-electron chi connectivity index (χ1n) is 13.8. The third-order valence-electron chi connectivity index (χ3n) is 7.88. The van der Waals surface area contributed by atoms with Crippen LogP contribution < -0.4 is 5.32 Å². The molecule has 38 heavy (non-hydrogen) atoms. The van der Waals surface area contributed by atoms with Gasteiger partial charge in [-0.15, -0.1) is 0 Å². The van der Waals surface area contributed by atoms with Crippen molar-refractivity contribution in [1.29, 1.82) is 0 Å². The van der Waals surface area contributed by atoms with Crippen molar-refractivity contribution in [3.8, 4) is 11.1 Å². The molecule has 0 unspecified atom stereocenters. The van der Waals surface area contributed by atoms with Gasteiger partial charge >= 0.3 is 12.1 Å². The molecule has 2 aliphatic heterocycles. The number of rotatable bonds is 3. The Morgan fingerprint density at radius 1 is 1.11 bits per heavy atom. The molecule has 2 N–H and O–H groups in total. The van der Waals surface area contributed by atoms with Crippen molar-refractivity contribution >= 4 is 23.2 Å². The summed E-state index contributed by atoms with van der Waals surface area (Å²) in [4.78, 5) is 37.9. The molecule has 3 amide bonds. The molecule has 1 aliphatic carbocycles. The predicted octanol–water partition coefficient (Wildman–Crippen LogP) is 5.84. The lowest BCUT2D eigenvalue weighted by Gasteiger charge is -2.35. The summed E-state index contributed by atoms with van der Waals surface area (Å²) >= 11 is 0. The Kier molecular flexibility index (Phi) is 6.08. The molecule has 3 aliphatic rings. The van der Waals surface area contributed by atoms with Crippen LogP contribution in [0.1, 0.15) is 74.8 Å². The molecule has 4 heterocycles. The maximum atomic E-state index is 13.2. The summed E-state index contributed by atoms with van der Waals surface area (Å²) in [5.74, 6) is 0. The van der Waals surface area contributed by atoms with Gasteiger partial charge in [0, 0.05) is 49.0 Å². The van der Waals surface area contributed by atoms with Crippen LogP contribution in [0.15, 0.2) is 30.6 Å². The number of benzene rings is 1. The van der Waals surface area contributed by atoms with Crippen LogP contribution in [0.5, 0.6) is 0 Å². The third kappa shape index (κ3) is 4.84. The first kappa shape index (κ1) is 24.8. The van der Waals surface area contributed by atoms with Gasteiger partial charge in [0.1, 0.15) is 11.2 Å². The molecular weight excluding hydrogens is 478 g/mol. The number of nitrogens with one attached hydrogen (secondary N) is 2. The number of pyridine rings is 1. The van der Waals surface area contributed by atoms with Crippen LogP contribution in [0.3, 0.4) is 0 Å². The maximum absolute atomic E-state index is 13.2. The second-order valence-electron chi connectivity index (χ2n) is 12.0. The monoisotopic (exact) mass is 515 g/mol. The van der Waals surface area contributed by atoms with E-state index in [9.17, 15) is 9.59 Å². The van der Waals surface area contributed by atoms with Crippen LogP contribution in [0.25, 0.3) is 22.2 Å². The zero-order valence-corrected chi connectivity index (χ0v) is 22.8. The molecule has 8 heteroatoms. The highest BCUT2D eigenvalue weighted by Crippen LogP contribution is 2.40. The van der Waals surface area contributed by atoms with Gasteiger partial charge in [0.05, 0.1) is 6.04 Å². The van der Waals surface area contributed by atoms with Crippen molar-refractivity contribution in [1.82, 2.24) is 25.1 Å². The molecule has 0 spiro atoms. The summed E-state index contributed by atoms with van der Waals surface area (Å²) < 4.78 is 5.79. The Bertz CT molecular complexity index is 1400. The molecule has 0 bridgehead atoms. The summed E-state index contributed by atoms with van der Waals surface area (Å²) in [5.41, 5.74) is 7.17. The highest BCUT2D eigenvalue weighted by atomic mass is 16.6. The lowest BCUT2D eigenvalue weighted by atomic mass is 9.87. The smallest absolute Gasteiger partial charge is 0.410 e. The van der Waals surface area contributed by atoms with Crippen molar-refractivity contribution < 1.29 is 14.3 Å². The summed E-state index contributed by atoms with van der Waals surface area (Å²) in [6, 6.07) is 6.92. The van der Waals surface area contributed by atoms with Crippen molar-refractivity contribution in [2.45, 2.75) is 84.0 Å². The van der Waals surface area contributed by atoms with Crippen molar-refractivity contribution in [3.05, 3.63) is 52.8 Å². The predicted molar refractivity (Wildman–Crippen MR) is 147 cm³/mol. The van der Waals surface area contributed by atoms with Crippen molar-refractivity contribution in [3.63, 3.8) is 0 Å². The number of hydrogen-bond donors (Lipinski definition) is 2. The molecule has 1 atom stereocenters. The molecule has 3 aromatic rings. The van der Waals surface area contributed by atoms with Crippen molar-refractivity contribution in [2.75, 3.05) is 13.1 Å². The van der Waals surface area contributed by atoms with E-state index in [4.69, 9.17) is 4.74 Å². The highest BCUT2D eigenvalue weighted by Gasteiger charge is 2.37. The fourth-order valence-electron chi connectivity index (χ4n) is 5.75. The van der Waals surface area contributed by atoms with E-state index in [0.717, 1.165) is 65.4 Å². The van der Waals surface area contributed by atoms with E-state index in [2.05, 4.69) is 40.4 Å². The number of fused-ring (bicyclic) bond motifs is 2. The largest absolute Gasteiger partial charge is 0.444 e. The first-order valence-corrected chi connectivity index (χ1v) is 13.8. The number of H-pyrrole nitrogens is 1. The molecule has 2 fully saturated rings. The molecule has 6 rings (SSSR count). The van der Waals surface area contributed by atoms with Crippen LogP contribution in [0.2, 0.25) is 0 Å². The van der Waals surface area contributed by atoms with Crippen LogP contribution in [-0.4, -0.2) is 56.6 Å². The quantitative estimate of drug-likeness (QED) is 0.458. The number of amides is 3. The van der Waals surface area contributed by atoms with Gasteiger partial charge in [-0.25, -0.2) is 14.6 Å². The Morgan fingerprint density at radius 2 is 1.92 bits per heavy atom. The zero-order valence-electron chi connectivity index (χ0n) is 22.8. The fourth-order valence-corrected chi connectivity index (χ4v) is 5.75. The first-order chi connectivity index (χ1) is 18.2. The second kappa shape index (κ2) is 9.33. The number of aromatic nitrogens is 2. The number of nitrogens with zero attached hydrogens (tertiary/aromatic N) is 3. The maximum Gasteiger partial charge on any atom is 0.410 e. The second-order valence-corrected chi connectivity index (χ2v) is 12.0. The highest BCUT2D eigenvalue weighted by molar-refractivity contribution is 5.85. The number of carbonyl (C=O) groups is 2. The van der Waals surface area contributed by atoms with Crippen LogP contribution in [0, 0.1) is 6.92 Å². The van der Waals surface area contributed by atoms with Gasteiger partial charge in [0.25, 0.3) is 0 Å². The Morgan fingerprint density at radius 3 is 2.68 bits per heavy atom. The number of carbonyl (C=O) groups excluding carboxylic acids is 2. The van der Waals surface area contributed by atoms with Gasteiger partial charge in [-0.1, -0.05) is 6.07 Å². The minimum atomic E-state index is -0.557. The Balaban J connectivity index is 1.41. The standard InChI is InChI=1S/C30H37N5O3/c1-18-15-31-27-23(18)14-21(16-32-27)20-12-19-9-11-34(28(36)33-22-7-8-22)17-25(19)24(13-20)26-6-5-10-35(26)29(37)38-30(2,3)4/h12-16,22,26H,5-11,17H2,1-4H3,(H,31,32)(H,33,36)/t26-/m0/s1. The van der Waals surface area contributed by atoms with E-state index in [1.807, 2.05) is 43.0 Å². The summed E-state index contributed by atoms with van der Waals surface area (Å²) in [6.45, 7) is 9.70. The van der Waals surface area contributed by atoms with Gasteiger partial charge in [0.15, 0.2) is 0 Å². The zero-order chi connectivity index (χ0) is 26.6. The van der Waals surface area contributed by atoms with Gasteiger partial charge in [0.2, 0.25) is 0 Å². The number of ether oxygens (including phenoxy) is 1. The molecule has 2 aromatic heterocycles. The average Bonchev–Trinajstić information content (AvgIpc) is 3.41. The van der Waals surface area contributed by atoms with Crippen LogP contribution >= 0.6 is 0 Å². The number of urea groups is 1. The van der Waals surface area contributed by atoms with E-state index in [0.29, 0.717) is 25.7 Å². The fraction of sp³-hybridized carbons (Fsp3) is 0.500. The molecule has 200 valence electrons. The van der Waals surface area contributed by atoms with E-state index in [1.54, 1.807) is 0 Å². The van der Waals surface area contributed by atoms with Gasteiger partial charge in [-0.3, -0.25) is 0 Å². The van der Waals surface area contributed by atoms with E-state index < -0.39 is 5.60 Å². The van der Waals surface area contributed by atoms with Gasteiger partial charge in [-0.2, -0.15) is 0 Å². The number of aryl methyl sites for hydroxylation is 1. The molecule has 1 saturated carbocycles. The lowest BCUT2D eigenvalue weighted by Crippen LogP contribution is -2.44. The van der Waals surface area contributed by atoms with Crippen LogP contribution in [0.4, 0.5) is 9.59 Å². The molecule has 1 saturated heterocycles. The van der Waals surface area contributed by atoms with Gasteiger partial charge < -0.3 is 24.8 Å². The van der Waals surface area contributed by atoms with E-state index in [1.165, 1.54) is 11.1 Å². The Hall–Kier alpha value is -3.55. The Labute approximate surface area is 223 Å². The molecule has 1 aromatic carbocycles. The topological polar surface area (TPSA) is 90.6 Å². The minimum absolute atomic E-state index is 0.0150. The number of aromatic amines is 1. The molecule has 0 radical (unpaired) electrons. The number of likely N-dealkylation sites (tertiary alicyclic amines) is 1. The van der Waals surface area contributed by atoms with E-state index in [-0.39, 0.29) is 18.2 Å². The number of hydrogen-bond acceptors (Lipinski definition) is 4. The molecular formula is C30H37N5O3. The van der Waals surface area contributed by atoms with Crippen LogP contribution in [-0.2, 0) is 17.7 Å². The summed E-state index contributed by atoms with van der Waals surface area (Å²) in [7, 11) is 0. The minimum Gasteiger partial charge on any atom is -0.444 e. The third-order valence-corrected chi connectivity index (χ3v) is 7.88. The summed E-state index contributed by atoms with van der Waals surface area (Å²) in [5, 5.41) is 4.26. The molecule has 8 nitrogen and oxygen atoms in total. The van der Waals surface area contributed by atoms with Gasteiger partial charge in [-0.05, 0) is 99.7 Å². The summed E-state index contributed by atoms with van der Waals surface area (Å²) in [6.07, 6.45) is 8.34. The average molecular weight is 516 g/mol. The SMILES string of the molecule is Cc1c[nH]c2ncc(-c3cc4c(c([C@@H]5CCCN5C(=O)OC(C)(C)C)c3)CN(C(=O)NC3CC3)CC4)cc12. The lowest BCUT2D eigenvalue weighted by molar-refractivity contribution is 0.0223. The van der Waals surface area contributed by atoms with E-state index >= 15 is 0 Å².